The van der Waals surface area contributed by atoms with Crippen molar-refractivity contribution in [2.24, 2.45) is 0 Å². The molecule has 28 heavy (non-hydrogen) atoms. The number of nitrogens with zero attached hydrogens (tertiary/aromatic N) is 4. The van der Waals surface area contributed by atoms with Crippen molar-refractivity contribution in [3.05, 3.63) is 29.3 Å². The first-order valence-electron chi connectivity index (χ1n) is 9.53. The summed E-state index contributed by atoms with van der Waals surface area (Å²) >= 11 is 0. The summed E-state index contributed by atoms with van der Waals surface area (Å²) in [4.78, 5) is 26.9. The zero-order valence-corrected chi connectivity index (χ0v) is 16.1. The molecule has 0 saturated carbocycles. The van der Waals surface area contributed by atoms with Crippen LogP contribution in [0.25, 0.3) is 0 Å². The van der Waals surface area contributed by atoms with E-state index in [9.17, 15) is 9.59 Å². The van der Waals surface area contributed by atoms with Crippen molar-refractivity contribution < 1.29 is 14.3 Å². The summed E-state index contributed by atoms with van der Waals surface area (Å²) < 4.78 is 7.19. The highest BCUT2D eigenvalue weighted by Crippen LogP contribution is 2.17. The number of aromatic nitrogens is 4. The second kappa shape index (κ2) is 7.72. The molecular weight excluding hydrogens is 362 g/mol. The molecule has 1 saturated heterocycles. The Bertz CT molecular complexity index is 864. The van der Waals surface area contributed by atoms with Gasteiger partial charge in [0.25, 0.3) is 5.91 Å². The molecule has 0 spiro atoms. The fraction of sp³-hybridized carbons (Fsp3) is 0.556. The van der Waals surface area contributed by atoms with E-state index < -0.39 is 0 Å². The maximum Gasteiger partial charge on any atom is 0.276 e. The molecule has 4 heterocycles. The summed E-state index contributed by atoms with van der Waals surface area (Å²) in [5.74, 6) is -0.307. The second-order valence-corrected chi connectivity index (χ2v) is 7.39. The number of H-pyrrole nitrogens is 1. The van der Waals surface area contributed by atoms with Gasteiger partial charge in [0, 0.05) is 50.1 Å². The molecule has 10 nitrogen and oxygen atoms in total. The highest BCUT2D eigenvalue weighted by molar-refractivity contribution is 6.03. The van der Waals surface area contributed by atoms with Crippen LogP contribution in [0.2, 0.25) is 0 Å². The van der Waals surface area contributed by atoms with Gasteiger partial charge in [-0.15, -0.1) is 0 Å². The summed E-state index contributed by atoms with van der Waals surface area (Å²) in [6, 6.07) is 0. The molecule has 150 valence electrons. The molecule has 2 aliphatic rings. The number of carbonyl (C=O) groups excluding carboxylic acids is 2. The molecule has 0 radical (unpaired) electrons. The molecule has 10 heteroatoms. The van der Waals surface area contributed by atoms with Crippen molar-refractivity contribution in [2.75, 3.05) is 25.0 Å². The van der Waals surface area contributed by atoms with Crippen molar-refractivity contribution in [1.29, 1.82) is 0 Å². The van der Waals surface area contributed by atoms with Crippen LogP contribution in [-0.4, -0.2) is 68.5 Å². The van der Waals surface area contributed by atoms with Gasteiger partial charge in [-0.3, -0.25) is 19.4 Å². The fourth-order valence-electron chi connectivity index (χ4n) is 3.74. The third kappa shape index (κ3) is 3.92. The van der Waals surface area contributed by atoms with Crippen molar-refractivity contribution in [3.63, 3.8) is 0 Å². The quantitative estimate of drug-likeness (QED) is 0.687. The first kappa shape index (κ1) is 18.6. The molecule has 2 unspecified atom stereocenters. The highest BCUT2D eigenvalue weighted by Gasteiger charge is 2.26. The Morgan fingerprint density at radius 2 is 2.11 bits per heavy atom. The number of morpholine rings is 1. The Labute approximate surface area is 162 Å². The molecule has 2 aromatic rings. The first-order chi connectivity index (χ1) is 13.5. The van der Waals surface area contributed by atoms with Gasteiger partial charge < -0.3 is 20.3 Å². The zero-order chi connectivity index (χ0) is 19.7. The standard InChI is InChI=1S/C18H25N7O3/c1-11-7-24(8-12(2)28-11)16(26)10-25-9-13(5-20-25)21-18(27)17-14-6-19-4-3-15(14)22-23-17/h5,9,11-12,19H,3-4,6-8,10H2,1-2H3,(H,21,27)(H,22,23). The number of hydrogen-bond acceptors (Lipinski definition) is 6. The average Bonchev–Trinajstić information content (AvgIpc) is 3.27. The lowest BCUT2D eigenvalue weighted by Crippen LogP contribution is -2.49. The van der Waals surface area contributed by atoms with E-state index in [0.717, 1.165) is 24.2 Å². The van der Waals surface area contributed by atoms with E-state index >= 15 is 0 Å². The minimum atomic E-state index is -0.289. The molecule has 2 atom stereocenters. The molecule has 0 aliphatic carbocycles. The number of rotatable bonds is 4. The number of anilines is 1. The molecule has 1 fully saturated rings. The highest BCUT2D eigenvalue weighted by atomic mass is 16.5. The van der Waals surface area contributed by atoms with Gasteiger partial charge in [-0.1, -0.05) is 0 Å². The number of aromatic amines is 1. The Balaban J connectivity index is 1.37. The van der Waals surface area contributed by atoms with Crippen LogP contribution in [-0.2, 0) is 29.0 Å². The van der Waals surface area contributed by atoms with Crippen LogP contribution in [0.15, 0.2) is 12.4 Å². The summed E-state index contributed by atoms with van der Waals surface area (Å²) in [7, 11) is 0. The van der Waals surface area contributed by atoms with E-state index in [1.807, 2.05) is 13.8 Å². The van der Waals surface area contributed by atoms with E-state index in [4.69, 9.17) is 4.74 Å². The molecule has 2 aromatic heterocycles. The fourth-order valence-corrected chi connectivity index (χ4v) is 3.74. The third-order valence-corrected chi connectivity index (χ3v) is 4.98. The molecule has 2 aliphatic heterocycles. The van der Waals surface area contributed by atoms with E-state index in [2.05, 4.69) is 25.9 Å². The van der Waals surface area contributed by atoms with Gasteiger partial charge in [0.2, 0.25) is 5.91 Å². The Hall–Kier alpha value is -2.72. The van der Waals surface area contributed by atoms with Crippen LogP contribution in [0.5, 0.6) is 0 Å². The van der Waals surface area contributed by atoms with Gasteiger partial charge in [-0.2, -0.15) is 10.2 Å². The first-order valence-corrected chi connectivity index (χ1v) is 9.53. The Morgan fingerprint density at radius 1 is 1.32 bits per heavy atom. The molecular formula is C18H25N7O3. The van der Waals surface area contributed by atoms with Crippen molar-refractivity contribution >= 4 is 17.5 Å². The smallest absolute Gasteiger partial charge is 0.276 e. The minimum Gasteiger partial charge on any atom is -0.372 e. The number of ether oxygens (including phenoxy) is 1. The van der Waals surface area contributed by atoms with Gasteiger partial charge in [-0.05, 0) is 13.8 Å². The van der Waals surface area contributed by atoms with Crippen molar-refractivity contribution in [1.82, 2.24) is 30.2 Å². The Kier molecular flexibility index (Phi) is 5.14. The normalized spacial score (nSPS) is 22.0. The van der Waals surface area contributed by atoms with E-state index in [0.29, 0.717) is 31.0 Å². The van der Waals surface area contributed by atoms with Crippen molar-refractivity contribution in [2.45, 2.75) is 45.6 Å². The van der Waals surface area contributed by atoms with Crippen LogP contribution in [0.1, 0.15) is 35.6 Å². The van der Waals surface area contributed by atoms with Crippen LogP contribution in [0.4, 0.5) is 5.69 Å². The monoisotopic (exact) mass is 387 g/mol. The average molecular weight is 387 g/mol. The number of amides is 2. The van der Waals surface area contributed by atoms with Crippen molar-refractivity contribution in [3.8, 4) is 0 Å². The number of hydrogen-bond donors (Lipinski definition) is 3. The van der Waals surface area contributed by atoms with Gasteiger partial charge in [0.1, 0.15) is 6.54 Å². The van der Waals surface area contributed by atoms with Crippen LogP contribution in [0.3, 0.4) is 0 Å². The maximum absolute atomic E-state index is 12.6. The summed E-state index contributed by atoms with van der Waals surface area (Å²) in [6.45, 7) is 6.69. The van der Waals surface area contributed by atoms with Crippen LogP contribution in [0, 0.1) is 0 Å². The maximum atomic E-state index is 12.6. The van der Waals surface area contributed by atoms with Crippen LogP contribution < -0.4 is 10.6 Å². The second-order valence-electron chi connectivity index (χ2n) is 7.39. The van der Waals surface area contributed by atoms with Crippen LogP contribution >= 0.6 is 0 Å². The van der Waals surface area contributed by atoms with Gasteiger partial charge in [0.05, 0.1) is 24.1 Å². The third-order valence-electron chi connectivity index (χ3n) is 4.98. The largest absolute Gasteiger partial charge is 0.372 e. The lowest BCUT2D eigenvalue weighted by atomic mass is 10.1. The lowest BCUT2D eigenvalue weighted by molar-refractivity contribution is -0.144. The topological polar surface area (TPSA) is 117 Å². The van der Waals surface area contributed by atoms with E-state index in [1.165, 1.54) is 10.9 Å². The molecule has 4 rings (SSSR count). The predicted octanol–water partition coefficient (Wildman–Crippen LogP) is 0.140. The molecule has 3 N–H and O–H groups in total. The van der Waals surface area contributed by atoms with E-state index in [-0.39, 0.29) is 30.6 Å². The summed E-state index contributed by atoms with van der Waals surface area (Å²) in [6.07, 6.45) is 4.06. The Morgan fingerprint density at radius 3 is 2.89 bits per heavy atom. The zero-order valence-electron chi connectivity index (χ0n) is 16.1. The lowest BCUT2D eigenvalue weighted by Gasteiger charge is -2.35. The summed E-state index contributed by atoms with van der Waals surface area (Å²) in [5.41, 5.74) is 2.82. The predicted molar refractivity (Wildman–Crippen MR) is 101 cm³/mol. The minimum absolute atomic E-state index is 0.0181. The molecule has 2 amide bonds. The number of fused-ring (bicyclic) bond motifs is 1. The van der Waals surface area contributed by atoms with Gasteiger partial charge >= 0.3 is 0 Å². The molecule has 0 aromatic carbocycles. The number of nitrogens with one attached hydrogen (secondary N) is 3. The SMILES string of the molecule is CC1CN(C(=O)Cn2cc(NC(=O)c3n[nH]c4c3CNCC4)cn2)CC(C)O1. The summed E-state index contributed by atoms with van der Waals surface area (Å²) in [5, 5.41) is 17.3. The number of carbonyl (C=O) groups is 2. The van der Waals surface area contributed by atoms with Gasteiger partial charge in [-0.25, -0.2) is 0 Å². The van der Waals surface area contributed by atoms with E-state index in [1.54, 1.807) is 11.1 Å². The molecule has 0 bridgehead atoms. The van der Waals surface area contributed by atoms with Gasteiger partial charge in [0.15, 0.2) is 5.69 Å².